The van der Waals surface area contributed by atoms with Gasteiger partial charge in [-0.2, -0.15) is 4.98 Å². The molecule has 6 nitrogen and oxygen atoms in total. The lowest BCUT2D eigenvalue weighted by Gasteiger charge is -2.10. The van der Waals surface area contributed by atoms with Gasteiger partial charge in [-0.15, -0.1) is 0 Å². The fourth-order valence-electron chi connectivity index (χ4n) is 2.33. The zero-order valence-corrected chi connectivity index (χ0v) is 15.9. The van der Waals surface area contributed by atoms with E-state index in [2.05, 4.69) is 27.2 Å². The maximum atomic E-state index is 10.2. The fourth-order valence-corrected chi connectivity index (χ4v) is 2.33. The number of benzene rings is 1. The number of aliphatic hydroxyl groups excluding tert-OH is 1. The molecule has 27 heavy (non-hydrogen) atoms. The van der Waals surface area contributed by atoms with E-state index in [0.717, 1.165) is 22.4 Å². The van der Waals surface area contributed by atoms with Crippen molar-refractivity contribution in [3.8, 4) is 0 Å². The molecule has 2 rings (SSSR count). The predicted octanol–water partition coefficient (Wildman–Crippen LogP) is 4.71. The minimum atomic E-state index is 0.126. The van der Waals surface area contributed by atoms with Crippen LogP contribution in [0.4, 0.5) is 11.8 Å². The average molecular weight is 363 g/mol. The first-order valence-electron chi connectivity index (χ1n) is 8.57. The second-order valence-electron chi connectivity index (χ2n) is 6.36. The Morgan fingerprint density at radius 1 is 1.19 bits per heavy atom. The van der Waals surface area contributed by atoms with E-state index in [4.69, 9.17) is 5.41 Å². The van der Waals surface area contributed by atoms with Crippen LogP contribution in [0, 0.1) is 12.3 Å². The topological polar surface area (TPSA) is 93.9 Å². The first-order chi connectivity index (χ1) is 12.8. The van der Waals surface area contributed by atoms with Gasteiger partial charge < -0.3 is 15.7 Å². The SMILES string of the molecule is C=C(/C=C(\O)CNc1nc(C)cc(NC(=N)C=C(C)C)n1)c1ccccc1. The Kier molecular flexibility index (Phi) is 6.88. The highest BCUT2D eigenvalue weighted by atomic mass is 16.3. The van der Waals surface area contributed by atoms with E-state index in [1.807, 2.05) is 51.1 Å². The summed E-state index contributed by atoms with van der Waals surface area (Å²) in [6, 6.07) is 11.4. The third-order valence-corrected chi connectivity index (χ3v) is 3.46. The minimum absolute atomic E-state index is 0.126. The Morgan fingerprint density at radius 3 is 2.56 bits per heavy atom. The summed E-state index contributed by atoms with van der Waals surface area (Å²) in [4.78, 5) is 8.63. The van der Waals surface area contributed by atoms with Gasteiger partial charge in [-0.1, -0.05) is 42.5 Å². The van der Waals surface area contributed by atoms with Crippen molar-refractivity contribution in [1.29, 1.82) is 5.41 Å². The summed E-state index contributed by atoms with van der Waals surface area (Å²) in [6.45, 7) is 9.83. The third kappa shape index (κ3) is 6.78. The molecule has 0 amide bonds. The summed E-state index contributed by atoms with van der Waals surface area (Å²) in [5, 5.41) is 24.0. The van der Waals surface area contributed by atoms with Crippen LogP contribution in [0.25, 0.3) is 5.57 Å². The number of amidine groups is 1. The van der Waals surface area contributed by atoms with Gasteiger partial charge >= 0.3 is 0 Å². The average Bonchev–Trinajstić information content (AvgIpc) is 2.59. The van der Waals surface area contributed by atoms with E-state index in [-0.39, 0.29) is 18.1 Å². The lowest BCUT2D eigenvalue weighted by Crippen LogP contribution is -2.13. The van der Waals surface area contributed by atoms with E-state index >= 15 is 0 Å². The van der Waals surface area contributed by atoms with Gasteiger partial charge in [-0.25, -0.2) is 4.98 Å². The highest BCUT2D eigenvalue weighted by molar-refractivity contribution is 6.01. The molecule has 0 saturated carbocycles. The summed E-state index contributed by atoms with van der Waals surface area (Å²) < 4.78 is 0. The summed E-state index contributed by atoms with van der Waals surface area (Å²) in [5.41, 5.74) is 3.43. The molecule has 1 aromatic heterocycles. The molecule has 0 saturated heterocycles. The molecule has 0 unspecified atom stereocenters. The highest BCUT2D eigenvalue weighted by Crippen LogP contribution is 2.15. The van der Waals surface area contributed by atoms with Crippen molar-refractivity contribution in [1.82, 2.24) is 9.97 Å². The molecule has 1 heterocycles. The number of rotatable bonds is 7. The smallest absolute Gasteiger partial charge is 0.225 e. The van der Waals surface area contributed by atoms with E-state index < -0.39 is 0 Å². The van der Waals surface area contributed by atoms with Gasteiger partial charge in [0, 0.05) is 11.8 Å². The van der Waals surface area contributed by atoms with Crippen LogP contribution >= 0.6 is 0 Å². The Balaban J connectivity index is 2.02. The summed E-state index contributed by atoms with van der Waals surface area (Å²) in [7, 11) is 0. The molecule has 0 atom stereocenters. The molecule has 0 aliphatic carbocycles. The van der Waals surface area contributed by atoms with Gasteiger partial charge in [0.2, 0.25) is 5.95 Å². The third-order valence-electron chi connectivity index (χ3n) is 3.46. The number of aliphatic hydroxyl groups is 1. The van der Waals surface area contributed by atoms with Crippen molar-refractivity contribution in [2.75, 3.05) is 17.2 Å². The van der Waals surface area contributed by atoms with Crippen LogP contribution < -0.4 is 10.6 Å². The van der Waals surface area contributed by atoms with E-state index in [1.165, 1.54) is 0 Å². The molecule has 140 valence electrons. The summed E-state index contributed by atoms with van der Waals surface area (Å²) in [6.07, 6.45) is 3.33. The van der Waals surface area contributed by atoms with Crippen LogP contribution in [0.1, 0.15) is 25.1 Å². The second kappa shape index (κ2) is 9.33. The Hall–Kier alpha value is -3.41. The zero-order chi connectivity index (χ0) is 19.8. The molecule has 0 bridgehead atoms. The number of aromatic nitrogens is 2. The standard InChI is InChI=1S/C21H25N5O/c1-14(2)10-19(22)25-20-12-16(4)24-21(26-20)23-13-18(27)11-15(3)17-8-6-5-7-9-17/h5-12,27H,3,13H2,1-2,4H3,(H3,22,23,24,25,26)/b18-11-. The van der Waals surface area contributed by atoms with Crippen molar-refractivity contribution in [3.63, 3.8) is 0 Å². The number of hydrogen-bond acceptors (Lipinski definition) is 5. The number of hydrogen-bond donors (Lipinski definition) is 4. The van der Waals surface area contributed by atoms with Gasteiger partial charge in [-0.3, -0.25) is 5.41 Å². The van der Waals surface area contributed by atoms with Crippen LogP contribution in [-0.4, -0.2) is 27.5 Å². The van der Waals surface area contributed by atoms with E-state index in [9.17, 15) is 5.11 Å². The predicted molar refractivity (Wildman–Crippen MR) is 112 cm³/mol. The number of nitrogens with zero attached hydrogens (tertiary/aromatic N) is 2. The quantitative estimate of drug-likeness (QED) is 0.247. The fraction of sp³-hybridized carbons (Fsp3) is 0.190. The van der Waals surface area contributed by atoms with Gasteiger partial charge in [0.05, 0.1) is 6.54 Å². The van der Waals surface area contributed by atoms with Gasteiger partial charge in [-0.05, 0) is 44.1 Å². The maximum Gasteiger partial charge on any atom is 0.225 e. The zero-order valence-electron chi connectivity index (χ0n) is 15.9. The highest BCUT2D eigenvalue weighted by Gasteiger charge is 2.05. The maximum absolute atomic E-state index is 10.2. The molecule has 0 fully saturated rings. The van der Waals surface area contributed by atoms with Gasteiger partial charge in [0.15, 0.2) is 0 Å². The first-order valence-corrected chi connectivity index (χ1v) is 8.57. The monoisotopic (exact) mass is 363 g/mol. The lowest BCUT2D eigenvalue weighted by molar-refractivity contribution is 0.408. The van der Waals surface area contributed by atoms with Crippen molar-refractivity contribution in [2.24, 2.45) is 0 Å². The Labute approximate surface area is 159 Å². The van der Waals surface area contributed by atoms with E-state index in [1.54, 1.807) is 18.2 Å². The number of anilines is 2. The lowest BCUT2D eigenvalue weighted by atomic mass is 10.1. The number of allylic oxidation sites excluding steroid dienone is 3. The molecule has 0 radical (unpaired) electrons. The Morgan fingerprint density at radius 2 is 1.89 bits per heavy atom. The first kappa shape index (κ1) is 19.9. The normalized spacial score (nSPS) is 10.9. The molecular weight excluding hydrogens is 338 g/mol. The summed E-state index contributed by atoms with van der Waals surface area (Å²) >= 11 is 0. The number of aryl methyl sites for hydroxylation is 1. The Bertz CT molecular complexity index is 881. The molecular formula is C21H25N5O. The minimum Gasteiger partial charge on any atom is -0.510 e. The molecule has 6 heteroatoms. The van der Waals surface area contributed by atoms with Crippen molar-refractivity contribution < 1.29 is 5.11 Å². The van der Waals surface area contributed by atoms with Gasteiger partial charge in [0.1, 0.15) is 17.4 Å². The number of nitrogens with one attached hydrogen (secondary N) is 3. The van der Waals surface area contributed by atoms with Crippen molar-refractivity contribution in [3.05, 3.63) is 77.7 Å². The molecule has 0 spiro atoms. The van der Waals surface area contributed by atoms with Crippen LogP contribution in [0.5, 0.6) is 0 Å². The largest absolute Gasteiger partial charge is 0.510 e. The molecule has 4 N–H and O–H groups in total. The van der Waals surface area contributed by atoms with Crippen molar-refractivity contribution in [2.45, 2.75) is 20.8 Å². The second-order valence-corrected chi connectivity index (χ2v) is 6.36. The van der Waals surface area contributed by atoms with Crippen molar-refractivity contribution >= 4 is 23.2 Å². The van der Waals surface area contributed by atoms with Crippen LogP contribution in [0.15, 0.2) is 66.5 Å². The molecule has 0 aliphatic heterocycles. The van der Waals surface area contributed by atoms with Crippen LogP contribution in [-0.2, 0) is 0 Å². The van der Waals surface area contributed by atoms with Gasteiger partial charge in [0.25, 0.3) is 0 Å². The molecule has 2 aromatic rings. The van der Waals surface area contributed by atoms with E-state index in [0.29, 0.717) is 11.8 Å². The van der Waals surface area contributed by atoms with Crippen LogP contribution in [0.2, 0.25) is 0 Å². The summed E-state index contributed by atoms with van der Waals surface area (Å²) in [5.74, 6) is 1.26. The molecule has 0 aliphatic rings. The van der Waals surface area contributed by atoms with Crippen LogP contribution in [0.3, 0.4) is 0 Å². The molecule has 1 aromatic carbocycles.